The first-order chi connectivity index (χ1) is 15.3. The van der Waals surface area contributed by atoms with E-state index in [1.54, 1.807) is 0 Å². The molecule has 31 heavy (non-hydrogen) atoms. The zero-order chi connectivity index (χ0) is 21.3. The molecule has 0 atom stereocenters. The summed E-state index contributed by atoms with van der Waals surface area (Å²) < 4.78 is 16.7. The third-order valence-electron chi connectivity index (χ3n) is 4.60. The topological polar surface area (TPSA) is 44.8 Å². The first kappa shape index (κ1) is 20.2. The van der Waals surface area contributed by atoms with Crippen molar-refractivity contribution in [3.8, 4) is 28.4 Å². The van der Waals surface area contributed by atoms with Gasteiger partial charge in [-0.2, -0.15) is 0 Å². The second-order valence-corrected chi connectivity index (χ2v) is 6.90. The van der Waals surface area contributed by atoms with Crippen molar-refractivity contribution in [2.75, 3.05) is 6.61 Å². The molecule has 0 saturated heterocycles. The van der Waals surface area contributed by atoms with Gasteiger partial charge in [0.05, 0.1) is 0 Å². The van der Waals surface area contributed by atoms with E-state index in [-0.39, 0.29) is 13.2 Å². The van der Waals surface area contributed by atoms with Crippen molar-refractivity contribution in [1.82, 2.24) is 0 Å². The summed E-state index contributed by atoms with van der Waals surface area (Å²) in [5, 5.41) is 0. The average Bonchev–Trinajstić information content (AvgIpc) is 2.83. The fourth-order valence-corrected chi connectivity index (χ4v) is 3.05. The quantitative estimate of drug-likeness (QED) is 0.321. The second kappa shape index (κ2) is 10.1. The molecule has 0 bridgehead atoms. The van der Waals surface area contributed by atoms with Gasteiger partial charge in [0.1, 0.15) is 23.9 Å². The minimum Gasteiger partial charge on any atom is -0.482 e. The molecule has 0 radical (unpaired) electrons. The number of carbonyl (C=O) groups excluding carboxylic acids is 1. The monoisotopic (exact) mass is 410 g/mol. The molecule has 0 aliphatic carbocycles. The summed E-state index contributed by atoms with van der Waals surface area (Å²) in [4.78, 5) is 12.1. The Balaban J connectivity index is 1.25. The standard InChI is InChI=1S/C27H22O4/c28-27(20-29-24-16-14-23(15-17-24)22-9-3-1-4-10-22)30-19-21-8-7-13-26(18-21)31-25-11-5-2-6-12-25/h1-18H,19-20H2. The van der Waals surface area contributed by atoms with Crippen LogP contribution in [0.4, 0.5) is 0 Å². The lowest BCUT2D eigenvalue weighted by atomic mass is 10.1. The Hall–Kier alpha value is -4.05. The molecular weight excluding hydrogens is 388 g/mol. The van der Waals surface area contributed by atoms with Gasteiger partial charge in [0, 0.05) is 0 Å². The van der Waals surface area contributed by atoms with E-state index in [0.29, 0.717) is 11.5 Å². The molecule has 4 aromatic carbocycles. The lowest BCUT2D eigenvalue weighted by Gasteiger charge is -2.10. The number of carbonyl (C=O) groups is 1. The van der Waals surface area contributed by atoms with Gasteiger partial charge >= 0.3 is 5.97 Å². The molecule has 0 heterocycles. The fraction of sp³-hybridized carbons (Fsp3) is 0.0741. The van der Waals surface area contributed by atoms with Gasteiger partial charge < -0.3 is 14.2 Å². The molecule has 0 unspecified atom stereocenters. The number of benzene rings is 4. The highest BCUT2D eigenvalue weighted by Gasteiger charge is 2.07. The largest absolute Gasteiger partial charge is 0.482 e. The molecule has 4 rings (SSSR count). The first-order valence-electron chi connectivity index (χ1n) is 10.0. The number of ether oxygens (including phenoxy) is 3. The molecule has 0 fully saturated rings. The maximum Gasteiger partial charge on any atom is 0.344 e. The zero-order valence-corrected chi connectivity index (χ0v) is 16.9. The number of esters is 1. The predicted octanol–water partition coefficient (Wildman–Crippen LogP) is 6.27. The van der Waals surface area contributed by atoms with Crippen molar-refractivity contribution in [3.63, 3.8) is 0 Å². The van der Waals surface area contributed by atoms with Crippen molar-refractivity contribution < 1.29 is 19.0 Å². The number of para-hydroxylation sites is 1. The van der Waals surface area contributed by atoms with Crippen LogP contribution in [0.1, 0.15) is 5.56 Å². The molecule has 154 valence electrons. The fourth-order valence-electron chi connectivity index (χ4n) is 3.05. The van der Waals surface area contributed by atoms with E-state index in [4.69, 9.17) is 14.2 Å². The summed E-state index contributed by atoms with van der Waals surface area (Å²) in [5.74, 6) is 1.63. The molecule has 0 amide bonds. The SMILES string of the molecule is O=C(COc1ccc(-c2ccccc2)cc1)OCc1cccc(Oc2ccccc2)c1. The molecule has 0 aromatic heterocycles. The summed E-state index contributed by atoms with van der Waals surface area (Å²) >= 11 is 0. The van der Waals surface area contributed by atoms with Crippen LogP contribution >= 0.6 is 0 Å². The number of rotatable bonds is 8. The van der Waals surface area contributed by atoms with Gasteiger partial charge in [-0.15, -0.1) is 0 Å². The number of hydrogen-bond acceptors (Lipinski definition) is 4. The molecule has 0 N–H and O–H groups in total. The van der Waals surface area contributed by atoms with Crippen LogP contribution in [-0.2, 0) is 16.1 Å². The van der Waals surface area contributed by atoms with E-state index in [2.05, 4.69) is 0 Å². The molecule has 4 heteroatoms. The molecule has 0 aliphatic heterocycles. The smallest absolute Gasteiger partial charge is 0.344 e. The minimum atomic E-state index is -0.429. The maximum atomic E-state index is 12.1. The third kappa shape index (κ3) is 5.97. The van der Waals surface area contributed by atoms with Gasteiger partial charge in [0.15, 0.2) is 6.61 Å². The Labute approximate surface area is 181 Å². The van der Waals surface area contributed by atoms with Crippen LogP contribution < -0.4 is 9.47 Å². The van der Waals surface area contributed by atoms with Crippen LogP contribution in [0.2, 0.25) is 0 Å². The van der Waals surface area contributed by atoms with Gasteiger partial charge in [-0.05, 0) is 53.1 Å². The minimum absolute atomic E-state index is 0.148. The molecule has 0 saturated carbocycles. The van der Waals surface area contributed by atoms with Crippen molar-refractivity contribution in [3.05, 3.63) is 115 Å². The van der Waals surface area contributed by atoms with E-state index < -0.39 is 5.97 Å². The van der Waals surface area contributed by atoms with Crippen LogP contribution in [0.25, 0.3) is 11.1 Å². The molecule has 0 aliphatic rings. The predicted molar refractivity (Wildman–Crippen MR) is 120 cm³/mol. The van der Waals surface area contributed by atoms with Crippen molar-refractivity contribution >= 4 is 5.97 Å². The molecule has 0 spiro atoms. The summed E-state index contributed by atoms with van der Waals surface area (Å²) in [6.45, 7) is 0.00597. The highest BCUT2D eigenvalue weighted by molar-refractivity contribution is 5.71. The van der Waals surface area contributed by atoms with E-state index in [1.807, 2.05) is 109 Å². The molecule has 4 aromatic rings. The van der Waals surface area contributed by atoms with Crippen LogP contribution in [0, 0.1) is 0 Å². The lowest BCUT2D eigenvalue weighted by Crippen LogP contribution is -2.14. The van der Waals surface area contributed by atoms with E-state index in [1.165, 1.54) is 0 Å². The Kier molecular flexibility index (Phi) is 6.61. The number of hydrogen-bond donors (Lipinski definition) is 0. The van der Waals surface area contributed by atoms with Crippen LogP contribution in [0.3, 0.4) is 0 Å². The summed E-state index contributed by atoms with van der Waals surface area (Å²) in [7, 11) is 0. The Morgan fingerprint density at radius 3 is 2.00 bits per heavy atom. The highest BCUT2D eigenvalue weighted by atomic mass is 16.6. The third-order valence-corrected chi connectivity index (χ3v) is 4.60. The Bertz CT molecular complexity index is 1110. The average molecular weight is 410 g/mol. The lowest BCUT2D eigenvalue weighted by molar-refractivity contribution is -0.147. The maximum absolute atomic E-state index is 12.1. The first-order valence-corrected chi connectivity index (χ1v) is 10.0. The zero-order valence-electron chi connectivity index (χ0n) is 16.9. The van der Waals surface area contributed by atoms with E-state index in [0.717, 1.165) is 22.4 Å². The van der Waals surface area contributed by atoms with Crippen LogP contribution in [-0.4, -0.2) is 12.6 Å². The van der Waals surface area contributed by atoms with Crippen LogP contribution in [0.5, 0.6) is 17.2 Å². The van der Waals surface area contributed by atoms with Gasteiger partial charge in [-0.25, -0.2) is 4.79 Å². The van der Waals surface area contributed by atoms with E-state index >= 15 is 0 Å². The van der Waals surface area contributed by atoms with E-state index in [9.17, 15) is 4.79 Å². The summed E-state index contributed by atoms with van der Waals surface area (Å²) in [5.41, 5.74) is 3.06. The van der Waals surface area contributed by atoms with Crippen molar-refractivity contribution in [2.45, 2.75) is 6.61 Å². The van der Waals surface area contributed by atoms with Crippen molar-refractivity contribution in [1.29, 1.82) is 0 Å². The van der Waals surface area contributed by atoms with Crippen LogP contribution in [0.15, 0.2) is 109 Å². The Morgan fingerprint density at radius 1 is 0.613 bits per heavy atom. The molecule has 4 nitrogen and oxygen atoms in total. The van der Waals surface area contributed by atoms with Gasteiger partial charge in [0.25, 0.3) is 0 Å². The second-order valence-electron chi connectivity index (χ2n) is 6.90. The summed E-state index contributed by atoms with van der Waals surface area (Å²) in [6.07, 6.45) is 0. The normalized spacial score (nSPS) is 10.3. The summed E-state index contributed by atoms with van der Waals surface area (Å²) in [6, 6.07) is 34.7. The van der Waals surface area contributed by atoms with Gasteiger partial charge in [0.2, 0.25) is 0 Å². The molecular formula is C27H22O4. The highest BCUT2D eigenvalue weighted by Crippen LogP contribution is 2.23. The van der Waals surface area contributed by atoms with Gasteiger partial charge in [-0.3, -0.25) is 0 Å². The van der Waals surface area contributed by atoms with Crippen molar-refractivity contribution in [2.24, 2.45) is 0 Å². The Morgan fingerprint density at radius 2 is 1.26 bits per heavy atom. The van der Waals surface area contributed by atoms with Gasteiger partial charge in [-0.1, -0.05) is 72.8 Å².